The molecule has 0 N–H and O–H groups in total. The summed E-state index contributed by atoms with van der Waals surface area (Å²) in [6.45, 7) is 4.74. The Labute approximate surface area is 354 Å². The fourth-order valence-corrected chi connectivity index (χ4v) is 12.4. The lowest BCUT2D eigenvalue weighted by atomic mass is 9.70. The Balaban J connectivity index is 0.982. The minimum atomic E-state index is -0.363. The van der Waals surface area contributed by atoms with Gasteiger partial charge < -0.3 is 4.90 Å². The van der Waals surface area contributed by atoms with Crippen LogP contribution in [0.1, 0.15) is 47.2 Å². The average Bonchev–Trinajstić information content (AvgIpc) is 3.99. The van der Waals surface area contributed by atoms with Crippen molar-refractivity contribution in [1.29, 1.82) is 0 Å². The molecule has 0 atom stereocenters. The quantitative estimate of drug-likeness (QED) is 0.172. The second kappa shape index (κ2) is 12.3. The monoisotopic (exact) mass is 781 g/mol. The molecule has 1 heterocycles. The maximum atomic E-state index is 2.46. The lowest BCUT2D eigenvalue weighted by Gasteiger charge is -2.30. The van der Waals surface area contributed by atoms with Crippen LogP contribution in [0.5, 0.6) is 0 Å². The predicted molar refractivity (Wildman–Crippen MR) is 253 cm³/mol. The van der Waals surface area contributed by atoms with Crippen LogP contribution in [0.4, 0.5) is 17.1 Å². The number of benzene rings is 9. The molecule has 10 aromatic rings. The zero-order chi connectivity index (χ0) is 39.7. The summed E-state index contributed by atoms with van der Waals surface area (Å²) in [6.07, 6.45) is 0. The molecule has 60 heavy (non-hydrogen) atoms. The van der Waals surface area contributed by atoms with Gasteiger partial charge in [0.25, 0.3) is 0 Å². The molecule has 282 valence electrons. The van der Waals surface area contributed by atoms with Crippen molar-refractivity contribution in [3.63, 3.8) is 0 Å². The second-order valence-electron chi connectivity index (χ2n) is 17.2. The molecule has 3 aliphatic rings. The summed E-state index contributed by atoms with van der Waals surface area (Å²) >= 11 is 1.87. The minimum Gasteiger partial charge on any atom is -0.310 e. The van der Waals surface area contributed by atoms with E-state index in [0.29, 0.717) is 0 Å². The van der Waals surface area contributed by atoms with Gasteiger partial charge in [0.1, 0.15) is 0 Å². The fraction of sp³-hybridized carbons (Fsp3) is 0.0690. The van der Waals surface area contributed by atoms with Crippen LogP contribution in [0.3, 0.4) is 0 Å². The average molecular weight is 782 g/mol. The topological polar surface area (TPSA) is 3.24 Å². The summed E-state index contributed by atoms with van der Waals surface area (Å²) in [6, 6.07) is 75.3. The summed E-state index contributed by atoms with van der Waals surface area (Å²) in [5.41, 5.74) is 21.7. The number of thiophene rings is 1. The third-order valence-electron chi connectivity index (χ3n) is 13.9. The molecule has 3 aliphatic carbocycles. The molecular formula is C58H39NS. The lowest BCUT2D eigenvalue weighted by molar-refractivity contribution is 0.660. The number of anilines is 3. The number of hydrogen-bond donors (Lipinski definition) is 0. The number of hydrogen-bond acceptors (Lipinski definition) is 2. The molecule has 13 rings (SSSR count). The molecule has 1 spiro atoms. The predicted octanol–water partition coefficient (Wildman–Crippen LogP) is 15.8. The lowest BCUT2D eigenvalue weighted by Crippen LogP contribution is -2.25. The Morgan fingerprint density at radius 1 is 0.350 bits per heavy atom. The van der Waals surface area contributed by atoms with E-state index in [4.69, 9.17) is 0 Å². The van der Waals surface area contributed by atoms with Crippen molar-refractivity contribution in [1.82, 2.24) is 0 Å². The van der Waals surface area contributed by atoms with Gasteiger partial charge in [-0.1, -0.05) is 172 Å². The van der Waals surface area contributed by atoms with Gasteiger partial charge in [-0.2, -0.15) is 0 Å². The van der Waals surface area contributed by atoms with Crippen LogP contribution in [0, 0.1) is 0 Å². The normalized spacial score (nSPS) is 14.4. The van der Waals surface area contributed by atoms with E-state index in [0.717, 1.165) is 17.1 Å². The Morgan fingerprint density at radius 3 is 1.58 bits per heavy atom. The highest BCUT2D eigenvalue weighted by Crippen LogP contribution is 2.64. The standard InChI is InChI=1S/C58H39NS/c1-57(2)48-20-8-3-14-41(48)44-32-30-38(34-53(44)57)59(39-31-33-46-45-17-7-12-25-54(45)60-55(46)35-39)37-28-26-36(27-29-37)40-19-13-24-52-56(40)47-18-6-11-23-51(47)58(52)49-21-9-4-15-42(49)43-16-5-10-22-50(43)58/h3-35H,1-2H3. The fourth-order valence-electron chi connectivity index (χ4n) is 11.3. The van der Waals surface area contributed by atoms with Crippen molar-refractivity contribution in [3.05, 3.63) is 234 Å². The third-order valence-corrected chi connectivity index (χ3v) is 15.0. The van der Waals surface area contributed by atoms with Crippen LogP contribution in [-0.4, -0.2) is 0 Å². The molecule has 0 saturated carbocycles. The number of rotatable bonds is 4. The molecule has 0 amide bonds. The van der Waals surface area contributed by atoms with E-state index in [2.05, 4.69) is 219 Å². The molecule has 1 aromatic heterocycles. The molecule has 1 nitrogen and oxygen atoms in total. The van der Waals surface area contributed by atoms with Gasteiger partial charge in [0, 0.05) is 42.6 Å². The van der Waals surface area contributed by atoms with E-state index in [1.54, 1.807) is 0 Å². The zero-order valence-corrected chi connectivity index (χ0v) is 34.2. The number of fused-ring (bicyclic) bond motifs is 16. The molecule has 0 bridgehead atoms. The van der Waals surface area contributed by atoms with E-state index in [1.807, 2.05) is 11.3 Å². The minimum absolute atomic E-state index is 0.103. The van der Waals surface area contributed by atoms with Crippen LogP contribution in [-0.2, 0) is 10.8 Å². The van der Waals surface area contributed by atoms with Crippen molar-refractivity contribution in [3.8, 4) is 44.5 Å². The maximum absolute atomic E-state index is 2.46. The van der Waals surface area contributed by atoms with Gasteiger partial charge in [-0.15, -0.1) is 11.3 Å². The molecule has 0 fully saturated rings. The van der Waals surface area contributed by atoms with Gasteiger partial charge in [0.15, 0.2) is 0 Å². The molecule has 2 heteroatoms. The number of nitrogens with zero attached hydrogens (tertiary/aromatic N) is 1. The summed E-state index contributed by atoms with van der Waals surface area (Å²) in [5, 5.41) is 2.63. The molecule has 0 aliphatic heterocycles. The Hall–Kier alpha value is -7.00. The zero-order valence-electron chi connectivity index (χ0n) is 33.4. The van der Waals surface area contributed by atoms with Crippen LogP contribution < -0.4 is 4.90 Å². The van der Waals surface area contributed by atoms with Crippen molar-refractivity contribution in [2.45, 2.75) is 24.7 Å². The largest absolute Gasteiger partial charge is 0.310 e. The molecule has 9 aromatic carbocycles. The molecule has 0 radical (unpaired) electrons. The third kappa shape index (κ3) is 4.41. The molecule has 0 saturated heterocycles. The van der Waals surface area contributed by atoms with E-state index in [1.165, 1.54) is 98.1 Å². The van der Waals surface area contributed by atoms with Gasteiger partial charge in [-0.3, -0.25) is 0 Å². The van der Waals surface area contributed by atoms with E-state index in [9.17, 15) is 0 Å². The van der Waals surface area contributed by atoms with Crippen LogP contribution in [0.15, 0.2) is 200 Å². The summed E-state index contributed by atoms with van der Waals surface area (Å²) < 4.78 is 2.62. The smallest absolute Gasteiger partial charge is 0.0725 e. The van der Waals surface area contributed by atoms with Gasteiger partial charge in [-0.05, 0) is 120 Å². The van der Waals surface area contributed by atoms with E-state index in [-0.39, 0.29) is 10.8 Å². The first-order valence-corrected chi connectivity index (χ1v) is 21.8. The Kier molecular flexibility index (Phi) is 6.94. The Bertz CT molecular complexity index is 3370. The highest BCUT2D eigenvalue weighted by Gasteiger charge is 2.52. The first-order chi connectivity index (χ1) is 29.5. The van der Waals surface area contributed by atoms with Gasteiger partial charge >= 0.3 is 0 Å². The van der Waals surface area contributed by atoms with Gasteiger partial charge in [0.05, 0.1) is 5.41 Å². The highest BCUT2D eigenvalue weighted by atomic mass is 32.1. The summed E-state index contributed by atoms with van der Waals surface area (Å²) in [4.78, 5) is 2.46. The SMILES string of the molecule is CC1(C)c2ccccc2-c2ccc(N(c3ccc(-c4cccc5c4-c4ccccc4C54c5ccccc5-c5ccccc54)cc3)c3ccc4c(c3)sc3ccccc34)cc21. The summed E-state index contributed by atoms with van der Waals surface area (Å²) in [5.74, 6) is 0. The van der Waals surface area contributed by atoms with Gasteiger partial charge in [-0.25, -0.2) is 0 Å². The van der Waals surface area contributed by atoms with Crippen molar-refractivity contribution < 1.29 is 0 Å². The first-order valence-electron chi connectivity index (χ1n) is 21.0. The molecular weight excluding hydrogens is 743 g/mol. The van der Waals surface area contributed by atoms with Crippen LogP contribution in [0.2, 0.25) is 0 Å². The summed E-state index contributed by atoms with van der Waals surface area (Å²) in [7, 11) is 0. The first kappa shape index (κ1) is 33.9. The van der Waals surface area contributed by atoms with Crippen LogP contribution >= 0.6 is 11.3 Å². The highest BCUT2D eigenvalue weighted by molar-refractivity contribution is 7.25. The van der Waals surface area contributed by atoms with Crippen molar-refractivity contribution in [2.24, 2.45) is 0 Å². The Morgan fingerprint density at radius 2 is 0.850 bits per heavy atom. The molecule has 0 unspecified atom stereocenters. The van der Waals surface area contributed by atoms with Crippen LogP contribution in [0.25, 0.3) is 64.7 Å². The van der Waals surface area contributed by atoms with Crippen molar-refractivity contribution >= 4 is 48.6 Å². The maximum Gasteiger partial charge on any atom is 0.0725 e. The van der Waals surface area contributed by atoms with E-state index >= 15 is 0 Å². The second-order valence-corrected chi connectivity index (χ2v) is 18.3. The van der Waals surface area contributed by atoms with E-state index < -0.39 is 0 Å². The van der Waals surface area contributed by atoms with Crippen molar-refractivity contribution in [2.75, 3.05) is 4.90 Å². The van der Waals surface area contributed by atoms with Gasteiger partial charge in [0.2, 0.25) is 0 Å².